The van der Waals surface area contributed by atoms with Crippen LogP contribution in [0.4, 0.5) is 21.9 Å². The van der Waals surface area contributed by atoms with Crippen molar-refractivity contribution in [3.05, 3.63) is 53.1 Å². The summed E-state index contributed by atoms with van der Waals surface area (Å²) < 4.78 is 5.63. The second-order valence-electron chi connectivity index (χ2n) is 8.62. The third-order valence-electron chi connectivity index (χ3n) is 6.18. The van der Waals surface area contributed by atoms with Gasteiger partial charge in [-0.15, -0.1) is 0 Å². The van der Waals surface area contributed by atoms with Crippen LogP contribution in [0.3, 0.4) is 0 Å². The van der Waals surface area contributed by atoms with Gasteiger partial charge in [0.15, 0.2) is 0 Å². The molecule has 1 unspecified atom stereocenters. The first-order chi connectivity index (χ1) is 15.5. The largest absolute Gasteiger partial charge is 0.376 e. The fourth-order valence-electron chi connectivity index (χ4n) is 4.42. The third-order valence-corrected chi connectivity index (χ3v) is 6.18. The highest BCUT2D eigenvalue weighted by Gasteiger charge is 2.22. The number of anilines is 3. The Hall–Kier alpha value is -3.06. The third kappa shape index (κ3) is 5.22. The molecule has 4 rings (SSSR count). The molecule has 0 aromatic heterocycles. The molecule has 170 valence electrons. The first kappa shape index (κ1) is 22.1. The minimum atomic E-state index is -0.331. The van der Waals surface area contributed by atoms with Crippen LogP contribution in [-0.4, -0.2) is 44.3 Å². The molecule has 32 heavy (non-hydrogen) atoms. The van der Waals surface area contributed by atoms with Crippen LogP contribution in [0.1, 0.15) is 47.2 Å². The van der Waals surface area contributed by atoms with E-state index in [1.807, 2.05) is 44.2 Å². The SMILES string of the molecule is Cc1cccc(C)c1NC(=O)Nc1ccc(N2CCCC2)c(C(=O)NCC2CCCO2)c1. The Bertz CT molecular complexity index is 959. The van der Waals surface area contributed by atoms with Gasteiger partial charge in [-0.1, -0.05) is 18.2 Å². The summed E-state index contributed by atoms with van der Waals surface area (Å²) in [5, 5.41) is 8.83. The average Bonchev–Trinajstić information content (AvgIpc) is 3.49. The number of rotatable bonds is 6. The second-order valence-corrected chi connectivity index (χ2v) is 8.62. The summed E-state index contributed by atoms with van der Waals surface area (Å²) in [5.74, 6) is -0.138. The van der Waals surface area contributed by atoms with Gasteiger partial charge in [-0.05, 0) is 68.9 Å². The van der Waals surface area contributed by atoms with Crippen molar-refractivity contribution in [1.29, 1.82) is 0 Å². The van der Waals surface area contributed by atoms with Crippen molar-refractivity contribution in [2.45, 2.75) is 45.6 Å². The molecule has 2 aliphatic rings. The summed E-state index contributed by atoms with van der Waals surface area (Å²) in [6, 6.07) is 11.1. The lowest BCUT2D eigenvalue weighted by atomic mass is 10.1. The van der Waals surface area contributed by atoms with Gasteiger partial charge in [0.2, 0.25) is 0 Å². The molecule has 3 amide bonds. The molecule has 0 aliphatic carbocycles. The predicted octanol–water partition coefficient (Wildman–Crippen LogP) is 4.46. The number of urea groups is 1. The summed E-state index contributed by atoms with van der Waals surface area (Å²) in [6.45, 7) is 7.06. The van der Waals surface area contributed by atoms with Gasteiger partial charge in [-0.2, -0.15) is 0 Å². The normalized spacial score (nSPS) is 17.9. The van der Waals surface area contributed by atoms with Gasteiger partial charge in [0.05, 0.1) is 11.7 Å². The maximum Gasteiger partial charge on any atom is 0.323 e. The number of carbonyl (C=O) groups is 2. The zero-order chi connectivity index (χ0) is 22.5. The maximum atomic E-state index is 13.1. The van der Waals surface area contributed by atoms with Crippen LogP contribution in [0.25, 0.3) is 0 Å². The highest BCUT2D eigenvalue weighted by molar-refractivity contribution is 6.04. The van der Waals surface area contributed by atoms with E-state index >= 15 is 0 Å². The molecule has 0 saturated carbocycles. The monoisotopic (exact) mass is 436 g/mol. The summed E-state index contributed by atoms with van der Waals surface area (Å²) in [5.41, 5.74) is 4.87. The van der Waals surface area contributed by atoms with Crippen LogP contribution >= 0.6 is 0 Å². The zero-order valence-electron chi connectivity index (χ0n) is 18.9. The van der Waals surface area contributed by atoms with E-state index in [1.54, 1.807) is 6.07 Å². The lowest BCUT2D eigenvalue weighted by Gasteiger charge is -2.22. The first-order valence-corrected chi connectivity index (χ1v) is 11.4. The molecule has 7 nitrogen and oxygen atoms in total. The Morgan fingerprint density at radius 2 is 1.78 bits per heavy atom. The van der Waals surface area contributed by atoms with E-state index < -0.39 is 0 Å². The molecule has 2 aliphatic heterocycles. The predicted molar refractivity (Wildman–Crippen MR) is 128 cm³/mol. The molecule has 2 heterocycles. The quantitative estimate of drug-likeness (QED) is 0.625. The van der Waals surface area contributed by atoms with E-state index in [0.717, 1.165) is 67.9 Å². The summed E-state index contributed by atoms with van der Waals surface area (Å²) in [6.07, 6.45) is 4.33. The Kier molecular flexibility index (Phi) is 6.95. The van der Waals surface area contributed by atoms with Crippen LogP contribution in [0.15, 0.2) is 36.4 Å². The molecule has 0 spiro atoms. The smallest absolute Gasteiger partial charge is 0.323 e. The highest BCUT2D eigenvalue weighted by atomic mass is 16.5. The van der Waals surface area contributed by atoms with Crippen LogP contribution < -0.4 is 20.9 Å². The zero-order valence-corrected chi connectivity index (χ0v) is 18.9. The number of aryl methyl sites for hydroxylation is 2. The first-order valence-electron chi connectivity index (χ1n) is 11.4. The Morgan fingerprint density at radius 3 is 2.47 bits per heavy atom. The second kappa shape index (κ2) is 10.0. The van der Waals surface area contributed by atoms with Gasteiger partial charge in [0.25, 0.3) is 5.91 Å². The van der Waals surface area contributed by atoms with E-state index in [4.69, 9.17) is 4.74 Å². The number of ether oxygens (including phenoxy) is 1. The van der Waals surface area contributed by atoms with Crippen molar-refractivity contribution in [3.63, 3.8) is 0 Å². The molecular formula is C25H32N4O3. The van der Waals surface area contributed by atoms with Gasteiger partial charge in [-0.25, -0.2) is 4.79 Å². The molecule has 0 bridgehead atoms. The van der Waals surface area contributed by atoms with Crippen LogP contribution in [0, 0.1) is 13.8 Å². The Balaban J connectivity index is 1.50. The molecule has 2 aromatic carbocycles. The van der Waals surface area contributed by atoms with Crippen LogP contribution in [0.5, 0.6) is 0 Å². The van der Waals surface area contributed by atoms with Crippen LogP contribution in [-0.2, 0) is 4.74 Å². The molecule has 1 atom stereocenters. The number of nitrogens with zero attached hydrogens (tertiary/aromatic N) is 1. The van der Waals surface area contributed by atoms with E-state index in [9.17, 15) is 9.59 Å². The maximum absolute atomic E-state index is 13.1. The standard InChI is InChI=1S/C25H32N4O3/c1-17-7-5-8-18(2)23(17)28-25(31)27-19-10-11-22(29-12-3-4-13-29)21(15-19)24(30)26-16-20-9-6-14-32-20/h5,7-8,10-11,15,20H,3-4,6,9,12-14,16H2,1-2H3,(H,26,30)(H2,27,28,31). The molecule has 3 N–H and O–H groups in total. The summed E-state index contributed by atoms with van der Waals surface area (Å²) >= 11 is 0. The number of para-hydroxylation sites is 1. The van der Waals surface area contributed by atoms with Gasteiger partial charge in [0, 0.05) is 43.3 Å². The number of hydrogen-bond acceptors (Lipinski definition) is 4. The number of nitrogens with one attached hydrogen (secondary N) is 3. The number of carbonyl (C=O) groups excluding carboxylic acids is 2. The van der Waals surface area contributed by atoms with Crippen LogP contribution in [0.2, 0.25) is 0 Å². The van der Waals surface area contributed by atoms with Crippen molar-refractivity contribution >= 4 is 29.0 Å². The van der Waals surface area contributed by atoms with E-state index in [0.29, 0.717) is 17.8 Å². The lowest BCUT2D eigenvalue weighted by Crippen LogP contribution is -2.33. The molecule has 0 radical (unpaired) electrons. The Labute approximate surface area is 189 Å². The minimum Gasteiger partial charge on any atom is -0.376 e. The fraction of sp³-hybridized carbons (Fsp3) is 0.440. The molecule has 7 heteroatoms. The molecular weight excluding hydrogens is 404 g/mol. The lowest BCUT2D eigenvalue weighted by molar-refractivity contribution is 0.0858. The number of amides is 3. The number of benzene rings is 2. The average molecular weight is 437 g/mol. The topological polar surface area (TPSA) is 82.7 Å². The minimum absolute atomic E-state index is 0.0821. The van der Waals surface area contributed by atoms with Crippen molar-refractivity contribution in [2.75, 3.05) is 41.8 Å². The highest BCUT2D eigenvalue weighted by Crippen LogP contribution is 2.28. The van der Waals surface area contributed by atoms with Gasteiger partial charge in [-0.3, -0.25) is 4.79 Å². The molecule has 2 aromatic rings. The molecule has 2 saturated heterocycles. The fourth-order valence-corrected chi connectivity index (χ4v) is 4.42. The summed E-state index contributed by atoms with van der Waals surface area (Å²) in [7, 11) is 0. The van der Waals surface area contributed by atoms with Crippen molar-refractivity contribution in [3.8, 4) is 0 Å². The molecule has 2 fully saturated rings. The van der Waals surface area contributed by atoms with Crippen molar-refractivity contribution in [2.24, 2.45) is 0 Å². The number of hydrogen-bond donors (Lipinski definition) is 3. The van der Waals surface area contributed by atoms with Gasteiger partial charge >= 0.3 is 6.03 Å². The van der Waals surface area contributed by atoms with E-state index in [-0.39, 0.29) is 18.0 Å². The van der Waals surface area contributed by atoms with Gasteiger partial charge < -0.3 is 25.6 Å². The van der Waals surface area contributed by atoms with Crippen molar-refractivity contribution in [1.82, 2.24) is 5.32 Å². The van der Waals surface area contributed by atoms with Gasteiger partial charge in [0.1, 0.15) is 0 Å². The van der Waals surface area contributed by atoms with Crippen molar-refractivity contribution < 1.29 is 14.3 Å². The van der Waals surface area contributed by atoms with E-state index in [2.05, 4.69) is 20.9 Å². The summed E-state index contributed by atoms with van der Waals surface area (Å²) in [4.78, 5) is 28.0. The van der Waals surface area contributed by atoms with E-state index in [1.165, 1.54) is 0 Å². The Morgan fingerprint density at radius 1 is 1.03 bits per heavy atom.